The number of carbonyl (C=O) groups excluding carboxylic acids is 1. The average molecular weight is 310 g/mol. The van der Waals surface area contributed by atoms with Crippen molar-refractivity contribution in [2.24, 2.45) is 0 Å². The molecular weight excluding hydrogens is 284 g/mol. The first-order valence-electron chi connectivity index (χ1n) is 8.76. The second-order valence-electron chi connectivity index (χ2n) is 6.98. The molecule has 1 aliphatic carbocycles. The van der Waals surface area contributed by atoms with Gasteiger partial charge in [0.1, 0.15) is 6.10 Å². The number of hydrogen-bond donors (Lipinski definition) is 0. The zero-order chi connectivity index (χ0) is 16.4. The minimum atomic E-state index is -0.159. The van der Waals surface area contributed by atoms with Crippen molar-refractivity contribution < 1.29 is 9.53 Å². The van der Waals surface area contributed by atoms with E-state index in [1.165, 1.54) is 35.2 Å². The monoisotopic (exact) mass is 310 g/mol. The van der Waals surface area contributed by atoms with Gasteiger partial charge in [-0.25, -0.2) is 0 Å². The van der Waals surface area contributed by atoms with Crippen LogP contribution in [0.25, 0.3) is 10.8 Å². The number of fused-ring (bicyclic) bond motifs is 1. The van der Waals surface area contributed by atoms with Crippen molar-refractivity contribution in [3.05, 3.63) is 47.5 Å². The van der Waals surface area contributed by atoms with E-state index in [0.717, 1.165) is 19.3 Å². The van der Waals surface area contributed by atoms with E-state index < -0.39 is 0 Å². The Hall–Kier alpha value is -1.83. The summed E-state index contributed by atoms with van der Waals surface area (Å²) in [6, 6.07) is 13.1. The predicted molar refractivity (Wildman–Crippen MR) is 94.8 cm³/mol. The topological polar surface area (TPSA) is 26.3 Å². The third kappa shape index (κ3) is 3.26. The van der Waals surface area contributed by atoms with Gasteiger partial charge in [0.15, 0.2) is 0 Å². The van der Waals surface area contributed by atoms with Crippen molar-refractivity contribution in [2.75, 3.05) is 0 Å². The minimum absolute atomic E-state index is 0.0181. The molecule has 2 heteroatoms. The van der Waals surface area contributed by atoms with E-state index in [4.69, 9.17) is 4.74 Å². The Morgan fingerprint density at radius 3 is 2.57 bits per heavy atom. The maximum atomic E-state index is 11.5. The Kier molecular flexibility index (Phi) is 4.70. The molecule has 0 unspecified atom stereocenters. The highest BCUT2D eigenvalue weighted by Gasteiger charge is 2.32. The molecule has 1 saturated carbocycles. The summed E-state index contributed by atoms with van der Waals surface area (Å²) in [4.78, 5) is 11.5. The Bertz CT molecular complexity index is 702. The second kappa shape index (κ2) is 6.74. The molecule has 2 atom stereocenters. The average Bonchev–Trinajstić information content (AvgIpc) is 2.54. The summed E-state index contributed by atoms with van der Waals surface area (Å²) in [5, 5.41) is 2.60. The second-order valence-corrected chi connectivity index (χ2v) is 6.98. The lowest BCUT2D eigenvalue weighted by molar-refractivity contribution is -0.148. The van der Waals surface area contributed by atoms with Crippen molar-refractivity contribution in [3.63, 3.8) is 0 Å². The molecule has 1 fully saturated rings. The molecule has 2 aromatic carbocycles. The lowest BCUT2D eigenvalue weighted by Crippen LogP contribution is -2.28. The summed E-state index contributed by atoms with van der Waals surface area (Å²) in [6.07, 6.45) is 4.46. The predicted octanol–water partition coefficient (Wildman–Crippen LogP) is 5.55. The summed E-state index contributed by atoms with van der Waals surface area (Å²) in [5.74, 6) is 0.624. The quantitative estimate of drug-likeness (QED) is 0.694. The zero-order valence-electron chi connectivity index (χ0n) is 14.3. The van der Waals surface area contributed by atoms with Crippen LogP contribution in [0.1, 0.15) is 69.4 Å². The van der Waals surface area contributed by atoms with Gasteiger partial charge in [-0.05, 0) is 47.1 Å². The molecule has 23 heavy (non-hydrogen) atoms. The molecule has 2 aromatic rings. The van der Waals surface area contributed by atoms with Gasteiger partial charge in [-0.1, -0.05) is 56.7 Å². The molecule has 0 aliphatic heterocycles. The minimum Gasteiger partial charge on any atom is -0.462 e. The summed E-state index contributed by atoms with van der Waals surface area (Å²) in [5.41, 5.74) is 2.80. The highest BCUT2D eigenvalue weighted by molar-refractivity contribution is 5.87. The fourth-order valence-corrected chi connectivity index (χ4v) is 4.01. The van der Waals surface area contributed by atoms with Gasteiger partial charge in [0.25, 0.3) is 0 Å². The molecule has 0 heterocycles. The van der Waals surface area contributed by atoms with Gasteiger partial charge < -0.3 is 4.74 Å². The number of hydrogen-bond acceptors (Lipinski definition) is 2. The Balaban J connectivity index is 2.15. The van der Waals surface area contributed by atoms with Crippen LogP contribution in [0.3, 0.4) is 0 Å². The summed E-state index contributed by atoms with van der Waals surface area (Å²) in [7, 11) is 0. The van der Waals surface area contributed by atoms with Crippen LogP contribution in [-0.2, 0) is 9.53 Å². The van der Waals surface area contributed by atoms with E-state index in [1.54, 1.807) is 0 Å². The molecule has 122 valence electrons. The molecule has 0 amide bonds. The first kappa shape index (κ1) is 16.0. The third-order valence-electron chi connectivity index (χ3n) is 5.02. The molecular formula is C21H26O2. The van der Waals surface area contributed by atoms with Gasteiger partial charge in [-0.2, -0.15) is 0 Å². The summed E-state index contributed by atoms with van der Waals surface area (Å²) >= 11 is 0. The van der Waals surface area contributed by atoms with Crippen LogP contribution in [0.2, 0.25) is 0 Å². The van der Waals surface area contributed by atoms with Crippen LogP contribution in [0.15, 0.2) is 36.4 Å². The third-order valence-corrected chi connectivity index (χ3v) is 5.02. The highest BCUT2D eigenvalue weighted by Crippen LogP contribution is 2.42. The standard InChI is InChI=1S/C21H26O2/c1-14(2)17-13-12-16-8-4-5-9-18(16)21(17)19-10-6-7-11-20(19)23-15(3)22/h4-5,8-9,12-14,19-20H,6-7,10-11H2,1-3H3/t19-,20+/m0/s1. The number of esters is 1. The fourth-order valence-electron chi connectivity index (χ4n) is 4.01. The molecule has 0 bridgehead atoms. The number of rotatable bonds is 3. The molecule has 1 aliphatic rings. The molecule has 0 N–H and O–H groups in total. The maximum absolute atomic E-state index is 11.5. The molecule has 0 spiro atoms. The van der Waals surface area contributed by atoms with Crippen molar-refractivity contribution in [2.45, 2.75) is 64.4 Å². The van der Waals surface area contributed by atoms with Crippen LogP contribution in [0.5, 0.6) is 0 Å². The number of benzene rings is 2. The lowest BCUT2D eigenvalue weighted by atomic mass is 9.76. The molecule has 3 rings (SSSR count). The normalized spacial score (nSPS) is 21.6. The van der Waals surface area contributed by atoms with Crippen molar-refractivity contribution in [3.8, 4) is 0 Å². The van der Waals surface area contributed by atoms with Crippen LogP contribution >= 0.6 is 0 Å². The van der Waals surface area contributed by atoms with Gasteiger partial charge in [0.2, 0.25) is 0 Å². The van der Waals surface area contributed by atoms with Crippen LogP contribution in [0.4, 0.5) is 0 Å². The van der Waals surface area contributed by atoms with E-state index in [1.807, 2.05) is 0 Å². The smallest absolute Gasteiger partial charge is 0.302 e. The van der Waals surface area contributed by atoms with E-state index >= 15 is 0 Å². The van der Waals surface area contributed by atoms with E-state index in [0.29, 0.717) is 11.8 Å². The summed E-state index contributed by atoms with van der Waals surface area (Å²) < 4.78 is 5.70. The van der Waals surface area contributed by atoms with E-state index in [9.17, 15) is 4.79 Å². The molecule has 0 saturated heterocycles. The lowest BCUT2D eigenvalue weighted by Gasteiger charge is -2.34. The largest absolute Gasteiger partial charge is 0.462 e. The van der Waals surface area contributed by atoms with Crippen LogP contribution in [-0.4, -0.2) is 12.1 Å². The Morgan fingerprint density at radius 1 is 1.09 bits per heavy atom. The van der Waals surface area contributed by atoms with Crippen molar-refractivity contribution >= 4 is 16.7 Å². The van der Waals surface area contributed by atoms with E-state index in [2.05, 4.69) is 50.2 Å². The fraction of sp³-hybridized carbons (Fsp3) is 0.476. The highest BCUT2D eigenvalue weighted by atomic mass is 16.5. The van der Waals surface area contributed by atoms with Crippen molar-refractivity contribution in [1.29, 1.82) is 0 Å². The molecule has 0 radical (unpaired) electrons. The van der Waals surface area contributed by atoms with Crippen LogP contribution < -0.4 is 0 Å². The summed E-state index contributed by atoms with van der Waals surface area (Å²) in [6.45, 7) is 6.02. The molecule has 0 aromatic heterocycles. The SMILES string of the molecule is CC(=O)O[C@@H]1CCCC[C@@H]1c1c(C(C)C)ccc2ccccc12. The molecule has 2 nitrogen and oxygen atoms in total. The van der Waals surface area contributed by atoms with E-state index in [-0.39, 0.29) is 12.1 Å². The Labute approximate surface area is 138 Å². The zero-order valence-corrected chi connectivity index (χ0v) is 14.3. The Morgan fingerprint density at radius 2 is 1.83 bits per heavy atom. The number of ether oxygens (including phenoxy) is 1. The van der Waals surface area contributed by atoms with Gasteiger partial charge in [0, 0.05) is 12.8 Å². The van der Waals surface area contributed by atoms with Gasteiger partial charge >= 0.3 is 5.97 Å². The number of carbonyl (C=O) groups is 1. The van der Waals surface area contributed by atoms with Gasteiger partial charge in [-0.15, -0.1) is 0 Å². The first-order chi connectivity index (χ1) is 11.1. The van der Waals surface area contributed by atoms with Crippen LogP contribution in [0, 0.1) is 0 Å². The van der Waals surface area contributed by atoms with Gasteiger partial charge in [-0.3, -0.25) is 4.79 Å². The van der Waals surface area contributed by atoms with Crippen molar-refractivity contribution in [1.82, 2.24) is 0 Å². The van der Waals surface area contributed by atoms with Gasteiger partial charge in [0.05, 0.1) is 0 Å². The first-order valence-corrected chi connectivity index (χ1v) is 8.76. The maximum Gasteiger partial charge on any atom is 0.302 e.